The first-order chi connectivity index (χ1) is 10.6. The summed E-state index contributed by atoms with van der Waals surface area (Å²) in [4.78, 5) is 0. The second-order valence-electron chi connectivity index (χ2n) is 5.19. The number of hydrogen-bond donors (Lipinski definition) is 0. The van der Waals surface area contributed by atoms with Crippen LogP contribution in [0, 0.1) is 11.6 Å². The Kier molecular flexibility index (Phi) is 3.80. The Bertz CT molecular complexity index is 823. The Morgan fingerprint density at radius 1 is 0.909 bits per heavy atom. The van der Waals surface area contributed by atoms with Crippen molar-refractivity contribution in [3.8, 4) is 16.9 Å². The van der Waals surface area contributed by atoms with Crippen LogP contribution in [0.2, 0.25) is 0 Å². The van der Waals surface area contributed by atoms with Gasteiger partial charge in [-0.15, -0.1) is 0 Å². The van der Waals surface area contributed by atoms with Crippen LogP contribution in [0.4, 0.5) is 8.78 Å². The highest BCUT2D eigenvalue weighted by atomic mass is 19.2. The standard InChI is InChI=1S/C19H16F2O/c1-3-12-4-5-14-11-17(19(21)18(20)16(14)10-12)13-6-8-15(22-2)9-7-13/h4-11H,3H2,1-2H3. The summed E-state index contributed by atoms with van der Waals surface area (Å²) >= 11 is 0. The molecule has 112 valence electrons. The van der Waals surface area contributed by atoms with Crippen LogP contribution in [0.3, 0.4) is 0 Å². The van der Waals surface area contributed by atoms with E-state index in [1.165, 1.54) is 0 Å². The summed E-state index contributed by atoms with van der Waals surface area (Å²) in [5.41, 5.74) is 1.87. The lowest BCUT2D eigenvalue weighted by Gasteiger charge is -2.10. The summed E-state index contributed by atoms with van der Waals surface area (Å²) in [6.07, 6.45) is 0.789. The number of benzene rings is 3. The number of fused-ring (bicyclic) bond motifs is 1. The molecule has 3 aromatic rings. The molecule has 0 bridgehead atoms. The molecule has 3 heteroatoms. The summed E-state index contributed by atoms with van der Waals surface area (Å²) in [7, 11) is 1.57. The number of ether oxygens (including phenoxy) is 1. The van der Waals surface area contributed by atoms with Crippen LogP contribution in [0.5, 0.6) is 5.75 Å². The van der Waals surface area contributed by atoms with E-state index in [-0.39, 0.29) is 5.56 Å². The second-order valence-corrected chi connectivity index (χ2v) is 5.19. The molecule has 0 heterocycles. The lowest BCUT2D eigenvalue weighted by molar-refractivity contribution is 0.415. The second kappa shape index (κ2) is 5.76. The first-order valence-corrected chi connectivity index (χ1v) is 7.19. The molecule has 0 N–H and O–H groups in total. The maximum Gasteiger partial charge on any atom is 0.167 e. The van der Waals surface area contributed by atoms with E-state index in [9.17, 15) is 8.78 Å². The van der Waals surface area contributed by atoms with Gasteiger partial charge in [-0.3, -0.25) is 0 Å². The van der Waals surface area contributed by atoms with Crippen LogP contribution >= 0.6 is 0 Å². The molecule has 3 rings (SSSR count). The van der Waals surface area contributed by atoms with Gasteiger partial charge in [-0.25, -0.2) is 8.78 Å². The third-order valence-electron chi connectivity index (χ3n) is 3.89. The van der Waals surface area contributed by atoms with Crippen LogP contribution in [0.1, 0.15) is 12.5 Å². The van der Waals surface area contributed by atoms with Crippen molar-refractivity contribution in [1.29, 1.82) is 0 Å². The molecule has 0 saturated heterocycles. The Morgan fingerprint density at radius 3 is 2.27 bits per heavy atom. The zero-order chi connectivity index (χ0) is 15.7. The van der Waals surface area contributed by atoms with Crippen LogP contribution in [0.15, 0.2) is 48.5 Å². The molecule has 0 saturated carbocycles. The summed E-state index contributed by atoms with van der Waals surface area (Å²) in [5.74, 6) is -0.928. The minimum absolute atomic E-state index is 0.261. The van der Waals surface area contributed by atoms with E-state index < -0.39 is 11.6 Å². The highest BCUT2D eigenvalue weighted by Crippen LogP contribution is 2.32. The van der Waals surface area contributed by atoms with Crippen LogP contribution in [-0.2, 0) is 6.42 Å². The molecule has 1 nitrogen and oxygen atoms in total. The topological polar surface area (TPSA) is 9.23 Å². The number of aryl methyl sites for hydroxylation is 1. The normalized spacial score (nSPS) is 10.9. The largest absolute Gasteiger partial charge is 0.497 e. The molecule has 22 heavy (non-hydrogen) atoms. The first kappa shape index (κ1) is 14.5. The smallest absolute Gasteiger partial charge is 0.167 e. The average Bonchev–Trinajstić information content (AvgIpc) is 2.58. The van der Waals surface area contributed by atoms with Gasteiger partial charge >= 0.3 is 0 Å². The van der Waals surface area contributed by atoms with Crippen molar-refractivity contribution in [2.75, 3.05) is 7.11 Å². The van der Waals surface area contributed by atoms with Gasteiger partial charge in [0.1, 0.15) is 5.75 Å². The minimum Gasteiger partial charge on any atom is -0.497 e. The Hall–Kier alpha value is -2.42. The van der Waals surface area contributed by atoms with Crippen molar-refractivity contribution < 1.29 is 13.5 Å². The molecular formula is C19H16F2O. The fraction of sp³-hybridized carbons (Fsp3) is 0.158. The summed E-state index contributed by atoms with van der Waals surface area (Å²) in [6, 6.07) is 14.1. The quantitative estimate of drug-likeness (QED) is 0.633. The lowest BCUT2D eigenvalue weighted by Crippen LogP contribution is -1.93. The van der Waals surface area contributed by atoms with Gasteiger partial charge in [0.15, 0.2) is 11.6 Å². The third-order valence-corrected chi connectivity index (χ3v) is 3.89. The monoisotopic (exact) mass is 298 g/mol. The predicted molar refractivity (Wildman–Crippen MR) is 85.2 cm³/mol. The molecule has 0 aromatic heterocycles. The molecule has 0 aliphatic carbocycles. The summed E-state index contributed by atoms with van der Waals surface area (Å²) < 4.78 is 33.9. The third kappa shape index (κ3) is 2.43. The zero-order valence-corrected chi connectivity index (χ0v) is 12.5. The lowest BCUT2D eigenvalue weighted by atomic mass is 9.98. The van der Waals surface area contributed by atoms with Gasteiger partial charge in [0.25, 0.3) is 0 Å². The Labute approximate surface area is 128 Å². The van der Waals surface area contributed by atoms with Gasteiger partial charge in [0.05, 0.1) is 7.11 Å². The summed E-state index contributed by atoms with van der Waals surface area (Å²) in [6.45, 7) is 1.99. The minimum atomic E-state index is -0.814. The maximum absolute atomic E-state index is 14.4. The molecule has 0 spiro atoms. The molecular weight excluding hydrogens is 282 g/mol. The molecule has 0 atom stereocenters. The van der Waals surface area contributed by atoms with E-state index in [4.69, 9.17) is 4.74 Å². The fourth-order valence-electron chi connectivity index (χ4n) is 2.58. The van der Waals surface area contributed by atoms with E-state index in [2.05, 4.69) is 0 Å². The molecule has 3 aromatic carbocycles. The number of hydrogen-bond acceptors (Lipinski definition) is 1. The van der Waals surface area contributed by atoms with E-state index in [0.717, 1.165) is 12.0 Å². The molecule has 0 aliphatic rings. The van der Waals surface area contributed by atoms with Crippen LogP contribution in [0.25, 0.3) is 21.9 Å². The first-order valence-electron chi connectivity index (χ1n) is 7.19. The van der Waals surface area contributed by atoms with Crippen LogP contribution in [-0.4, -0.2) is 7.11 Å². The van der Waals surface area contributed by atoms with Crippen molar-refractivity contribution >= 4 is 10.8 Å². The predicted octanol–water partition coefficient (Wildman–Crippen LogP) is 5.36. The molecule has 0 unspecified atom stereocenters. The fourth-order valence-corrected chi connectivity index (χ4v) is 2.58. The van der Waals surface area contributed by atoms with Gasteiger partial charge in [0.2, 0.25) is 0 Å². The number of halogens is 2. The molecule has 0 aliphatic heterocycles. The van der Waals surface area contributed by atoms with E-state index in [1.807, 2.05) is 19.1 Å². The van der Waals surface area contributed by atoms with Gasteiger partial charge < -0.3 is 4.74 Å². The Morgan fingerprint density at radius 2 is 1.64 bits per heavy atom. The van der Waals surface area contributed by atoms with Gasteiger partial charge in [-0.2, -0.15) is 0 Å². The van der Waals surface area contributed by atoms with E-state index >= 15 is 0 Å². The summed E-state index contributed by atoms with van der Waals surface area (Å²) in [5, 5.41) is 1.02. The van der Waals surface area contributed by atoms with Crippen molar-refractivity contribution in [3.05, 3.63) is 65.7 Å². The highest BCUT2D eigenvalue weighted by molar-refractivity contribution is 5.89. The molecule has 0 amide bonds. The molecule has 0 fully saturated rings. The van der Waals surface area contributed by atoms with Crippen LogP contribution < -0.4 is 4.74 Å². The van der Waals surface area contributed by atoms with Gasteiger partial charge in [-0.05, 0) is 47.2 Å². The van der Waals surface area contributed by atoms with Gasteiger partial charge in [-0.1, -0.05) is 31.2 Å². The SMILES string of the molecule is CCc1ccc2cc(-c3ccc(OC)cc3)c(F)c(F)c2c1. The van der Waals surface area contributed by atoms with Gasteiger partial charge in [0, 0.05) is 10.9 Å². The van der Waals surface area contributed by atoms with Crippen molar-refractivity contribution in [3.63, 3.8) is 0 Å². The number of methoxy groups -OCH3 is 1. The van der Waals surface area contributed by atoms with E-state index in [1.54, 1.807) is 43.5 Å². The van der Waals surface area contributed by atoms with E-state index in [0.29, 0.717) is 22.1 Å². The van der Waals surface area contributed by atoms with Crippen molar-refractivity contribution in [2.24, 2.45) is 0 Å². The zero-order valence-electron chi connectivity index (χ0n) is 12.5. The number of rotatable bonds is 3. The van der Waals surface area contributed by atoms with Crippen molar-refractivity contribution in [2.45, 2.75) is 13.3 Å². The Balaban J connectivity index is 2.19. The van der Waals surface area contributed by atoms with Crippen molar-refractivity contribution in [1.82, 2.24) is 0 Å². The highest BCUT2D eigenvalue weighted by Gasteiger charge is 2.15. The average molecular weight is 298 g/mol. The maximum atomic E-state index is 14.4. The molecule has 0 radical (unpaired) electrons.